The van der Waals surface area contributed by atoms with Gasteiger partial charge >= 0.3 is 0 Å². The van der Waals surface area contributed by atoms with Crippen molar-refractivity contribution in [3.05, 3.63) is 30.1 Å². The Labute approximate surface area is 125 Å². The minimum Gasteiger partial charge on any atom is -0.381 e. The molecular formula is C16H22N2O3. The first-order valence-electron chi connectivity index (χ1n) is 7.70. The highest BCUT2D eigenvalue weighted by atomic mass is 16.5. The third kappa shape index (κ3) is 3.80. The lowest BCUT2D eigenvalue weighted by atomic mass is 10.1. The number of carbonyl (C=O) groups excluding carboxylic acids is 1. The van der Waals surface area contributed by atoms with Crippen molar-refractivity contribution < 1.29 is 14.3 Å². The highest BCUT2D eigenvalue weighted by Crippen LogP contribution is 2.20. The quantitative estimate of drug-likeness (QED) is 0.827. The fourth-order valence-corrected chi connectivity index (χ4v) is 2.97. The van der Waals surface area contributed by atoms with E-state index in [2.05, 4.69) is 4.98 Å². The molecule has 0 N–H and O–H groups in total. The third-order valence-electron chi connectivity index (χ3n) is 4.13. The topological polar surface area (TPSA) is 51.7 Å². The summed E-state index contributed by atoms with van der Waals surface area (Å²) in [7, 11) is 0. The van der Waals surface area contributed by atoms with Gasteiger partial charge in [0.05, 0.1) is 18.6 Å². The van der Waals surface area contributed by atoms with Crippen LogP contribution in [0.15, 0.2) is 24.5 Å². The van der Waals surface area contributed by atoms with Gasteiger partial charge in [-0.05, 0) is 30.9 Å². The van der Waals surface area contributed by atoms with Crippen LogP contribution < -0.4 is 0 Å². The molecule has 0 radical (unpaired) electrons. The molecule has 3 rings (SSSR count). The van der Waals surface area contributed by atoms with Gasteiger partial charge in [-0.25, -0.2) is 0 Å². The zero-order valence-corrected chi connectivity index (χ0v) is 12.2. The lowest BCUT2D eigenvalue weighted by molar-refractivity contribution is -0.137. The van der Waals surface area contributed by atoms with Gasteiger partial charge in [0.1, 0.15) is 0 Å². The van der Waals surface area contributed by atoms with Gasteiger partial charge in [-0.1, -0.05) is 6.07 Å². The maximum atomic E-state index is 12.7. The maximum absolute atomic E-state index is 12.7. The van der Waals surface area contributed by atoms with Gasteiger partial charge in [0.15, 0.2) is 0 Å². The second-order valence-electron chi connectivity index (χ2n) is 5.78. The summed E-state index contributed by atoms with van der Waals surface area (Å²) in [5.74, 6) is 0.190. The zero-order valence-electron chi connectivity index (χ0n) is 12.2. The lowest BCUT2D eigenvalue weighted by Crippen LogP contribution is -2.40. The van der Waals surface area contributed by atoms with Gasteiger partial charge in [0.25, 0.3) is 0 Å². The van der Waals surface area contributed by atoms with Crippen molar-refractivity contribution in [2.75, 3.05) is 26.4 Å². The molecule has 0 aliphatic carbocycles. The number of nitrogens with zero attached hydrogens (tertiary/aromatic N) is 2. The molecule has 2 unspecified atom stereocenters. The van der Waals surface area contributed by atoms with E-state index >= 15 is 0 Å². The first kappa shape index (κ1) is 14.5. The van der Waals surface area contributed by atoms with E-state index in [1.807, 2.05) is 23.2 Å². The monoisotopic (exact) mass is 290 g/mol. The van der Waals surface area contributed by atoms with E-state index in [0.29, 0.717) is 26.3 Å². The highest BCUT2D eigenvalue weighted by Gasteiger charge is 2.30. The lowest BCUT2D eigenvalue weighted by Gasteiger charge is -2.27. The van der Waals surface area contributed by atoms with Crippen LogP contribution in [0, 0.1) is 5.92 Å². The highest BCUT2D eigenvalue weighted by molar-refractivity contribution is 5.79. The molecule has 0 saturated carbocycles. The fourth-order valence-electron chi connectivity index (χ4n) is 2.97. The number of hydrogen-bond donors (Lipinski definition) is 0. The van der Waals surface area contributed by atoms with E-state index in [1.165, 1.54) is 0 Å². The number of carbonyl (C=O) groups is 1. The van der Waals surface area contributed by atoms with Crippen molar-refractivity contribution in [3.63, 3.8) is 0 Å². The minimum atomic E-state index is 0.00285. The predicted molar refractivity (Wildman–Crippen MR) is 77.6 cm³/mol. The van der Waals surface area contributed by atoms with Crippen LogP contribution in [0.5, 0.6) is 0 Å². The van der Waals surface area contributed by atoms with Crippen molar-refractivity contribution in [1.29, 1.82) is 0 Å². The summed E-state index contributed by atoms with van der Waals surface area (Å²) in [6.45, 7) is 3.32. The standard InChI is InChI=1S/C16H22N2O3/c19-16(14-5-8-20-12-14)18(11-15-4-2-7-21-15)10-13-3-1-6-17-9-13/h1,3,6,9,14-15H,2,4-5,7-8,10-12H2. The summed E-state index contributed by atoms with van der Waals surface area (Å²) >= 11 is 0. The van der Waals surface area contributed by atoms with Gasteiger partial charge < -0.3 is 14.4 Å². The largest absolute Gasteiger partial charge is 0.381 e. The first-order valence-corrected chi connectivity index (χ1v) is 7.70. The Bertz CT molecular complexity index is 454. The number of rotatable bonds is 5. The molecule has 1 aromatic rings. The normalized spacial score (nSPS) is 25.1. The number of aromatic nitrogens is 1. The van der Waals surface area contributed by atoms with Crippen LogP contribution >= 0.6 is 0 Å². The summed E-state index contributed by atoms with van der Waals surface area (Å²) in [4.78, 5) is 18.8. The van der Waals surface area contributed by atoms with E-state index in [-0.39, 0.29) is 17.9 Å². The van der Waals surface area contributed by atoms with Crippen LogP contribution in [0.4, 0.5) is 0 Å². The molecule has 2 saturated heterocycles. The minimum absolute atomic E-state index is 0.00285. The van der Waals surface area contributed by atoms with E-state index in [9.17, 15) is 4.79 Å². The molecule has 5 nitrogen and oxygen atoms in total. The average molecular weight is 290 g/mol. The van der Waals surface area contributed by atoms with Gasteiger partial charge in [0, 0.05) is 38.7 Å². The maximum Gasteiger partial charge on any atom is 0.228 e. The molecular weight excluding hydrogens is 268 g/mol. The Balaban J connectivity index is 1.68. The molecule has 0 spiro atoms. The molecule has 2 fully saturated rings. The summed E-state index contributed by atoms with van der Waals surface area (Å²) in [6, 6.07) is 3.91. The Kier molecular flexibility index (Phi) is 4.83. The van der Waals surface area contributed by atoms with E-state index in [4.69, 9.17) is 9.47 Å². The Morgan fingerprint density at radius 3 is 3.00 bits per heavy atom. The molecule has 0 bridgehead atoms. The Morgan fingerprint density at radius 1 is 1.38 bits per heavy atom. The number of pyridine rings is 1. The summed E-state index contributed by atoms with van der Waals surface area (Å²) < 4.78 is 11.1. The molecule has 2 aliphatic rings. The van der Waals surface area contributed by atoms with E-state index in [0.717, 1.165) is 31.4 Å². The van der Waals surface area contributed by atoms with Crippen LogP contribution in [-0.4, -0.2) is 48.3 Å². The third-order valence-corrected chi connectivity index (χ3v) is 4.13. The zero-order chi connectivity index (χ0) is 14.5. The van der Waals surface area contributed by atoms with Gasteiger partial charge in [0.2, 0.25) is 5.91 Å². The smallest absolute Gasteiger partial charge is 0.228 e. The Hall–Kier alpha value is -1.46. The van der Waals surface area contributed by atoms with Crippen molar-refractivity contribution in [1.82, 2.24) is 9.88 Å². The summed E-state index contributed by atoms with van der Waals surface area (Å²) in [6.07, 6.45) is 6.70. The fraction of sp³-hybridized carbons (Fsp3) is 0.625. The predicted octanol–water partition coefficient (Wildman–Crippen LogP) is 1.63. The van der Waals surface area contributed by atoms with Crippen LogP contribution in [0.25, 0.3) is 0 Å². The number of hydrogen-bond acceptors (Lipinski definition) is 4. The molecule has 3 heterocycles. The van der Waals surface area contributed by atoms with Crippen LogP contribution in [0.1, 0.15) is 24.8 Å². The van der Waals surface area contributed by atoms with Crippen LogP contribution in [0.3, 0.4) is 0 Å². The molecule has 1 aromatic heterocycles. The molecule has 5 heteroatoms. The Morgan fingerprint density at radius 2 is 2.33 bits per heavy atom. The molecule has 1 amide bonds. The molecule has 114 valence electrons. The van der Waals surface area contributed by atoms with E-state index in [1.54, 1.807) is 6.20 Å². The number of ether oxygens (including phenoxy) is 2. The first-order chi connectivity index (χ1) is 10.3. The molecule has 0 aromatic carbocycles. The second kappa shape index (κ2) is 7.00. The van der Waals surface area contributed by atoms with Crippen molar-refractivity contribution >= 4 is 5.91 Å². The van der Waals surface area contributed by atoms with Crippen LogP contribution in [0.2, 0.25) is 0 Å². The van der Waals surface area contributed by atoms with Gasteiger partial charge in [-0.15, -0.1) is 0 Å². The van der Waals surface area contributed by atoms with Crippen molar-refractivity contribution in [3.8, 4) is 0 Å². The SMILES string of the molecule is O=C(C1CCOC1)N(Cc1cccnc1)CC1CCCO1. The second-order valence-corrected chi connectivity index (χ2v) is 5.78. The number of amides is 1. The molecule has 21 heavy (non-hydrogen) atoms. The van der Waals surface area contributed by atoms with E-state index < -0.39 is 0 Å². The van der Waals surface area contributed by atoms with Gasteiger partial charge in [-0.3, -0.25) is 9.78 Å². The van der Waals surface area contributed by atoms with Crippen LogP contribution in [-0.2, 0) is 20.8 Å². The van der Waals surface area contributed by atoms with Crippen molar-refractivity contribution in [2.45, 2.75) is 31.9 Å². The van der Waals surface area contributed by atoms with Gasteiger partial charge in [-0.2, -0.15) is 0 Å². The molecule has 2 aliphatic heterocycles. The summed E-state index contributed by atoms with van der Waals surface area (Å²) in [5.41, 5.74) is 1.06. The molecule has 2 atom stereocenters. The summed E-state index contributed by atoms with van der Waals surface area (Å²) in [5, 5.41) is 0. The van der Waals surface area contributed by atoms with Crippen molar-refractivity contribution in [2.24, 2.45) is 5.92 Å². The average Bonchev–Trinajstić information content (AvgIpc) is 3.20.